The molecule has 1 heterocycles. The van der Waals surface area contributed by atoms with Gasteiger partial charge >= 0.3 is 12.1 Å². The van der Waals surface area contributed by atoms with Gasteiger partial charge in [-0.3, -0.25) is 0 Å². The lowest BCUT2D eigenvalue weighted by molar-refractivity contribution is -0.139. The fourth-order valence-electron chi connectivity index (χ4n) is 2.45. The molecule has 0 aliphatic heterocycles. The molecule has 0 fully saturated rings. The molecule has 2 rings (SSSR count). The first-order valence-electron chi connectivity index (χ1n) is 7.46. The van der Waals surface area contributed by atoms with Crippen LogP contribution >= 0.6 is 0 Å². The van der Waals surface area contributed by atoms with Crippen LogP contribution in [-0.2, 0) is 16.0 Å². The highest BCUT2D eigenvalue weighted by atomic mass is 16.6. The number of aryl methyl sites for hydroxylation is 1. The number of amides is 1. The second-order valence-electron chi connectivity index (χ2n) is 6.52. The number of carbonyl (C=O) groups is 2. The number of fused-ring (bicyclic) bond motifs is 1. The number of H-pyrrole nitrogens is 1. The highest BCUT2D eigenvalue weighted by Gasteiger charge is 2.25. The molecule has 1 aromatic carbocycles. The van der Waals surface area contributed by atoms with Crippen molar-refractivity contribution in [3.8, 4) is 0 Å². The molecule has 6 heteroatoms. The zero-order chi connectivity index (χ0) is 17.2. The van der Waals surface area contributed by atoms with E-state index in [-0.39, 0.29) is 6.42 Å². The highest BCUT2D eigenvalue weighted by molar-refractivity contribution is 5.86. The topological polar surface area (TPSA) is 91.4 Å². The van der Waals surface area contributed by atoms with Crippen molar-refractivity contribution in [2.45, 2.75) is 45.8 Å². The number of carboxylic acids is 1. The first-order valence-corrected chi connectivity index (χ1v) is 7.46. The monoisotopic (exact) mass is 318 g/mol. The summed E-state index contributed by atoms with van der Waals surface area (Å²) in [6, 6.07) is 6.62. The number of aromatic nitrogens is 1. The van der Waals surface area contributed by atoms with Crippen LogP contribution in [0.1, 0.15) is 32.0 Å². The summed E-state index contributed by atoms with van der Waals surface area (Å²) in [5, 5.41) is 12.8. The van der Waals surface area contributed by atoms with Crippen molar-refractivity contribution < 1.29 is 19.4 Å². The van der Waals surface area contributed by atoms with Gasteiger partial charge in [0.15, 0.2) is 0 Å². The van der Waals surface area contributed by atoms with E-state index in [9.17, 15) is 14.7 Å². The maximum absolute atomic E-state index is 11.8. The molecule has 3 N–H and O–H groups in total. The third kappa shape index (κ3) is 4.25. The quantitative estimate of drug-likeness (QED) is 0.808. The van der Waals surface area contributed by atoms with Crippen LogP contribution in [0.4, 0.5) is 4.79 Å². The number of rotatable bonds is 4. The van der Waals surface area contributed by atoms with Crippen LogP contribution in [-0.4, -0.2) is 33.8 Å². The van der Waals surface area contributed by atoms with Crippen molar-refractivity contribution in [2.24, 2.45) is 0 Å². The minimum Gasteiger partial charge on any atom is -0.480 e. The molecule has 0 spiro atoms. The molecule has 0 radical (unpaired) electrons. The van der Waals surface area contributed by atoms with Gasteiger partial charge in [0, 0.05) is 23.0 Å². The number of nitrogens with one attached hydrogen (secondary N) is 2. The number of carboxylic acid groups (broad SMARTS) is 1. The van der Waals surface area contributed by atoms with Crippen LogP contribution in [0.25, 0.3) is 10.9 Å². The molecule has 0 saturated heterocycles. The smallest absolute Gasteiger partial charge is 0.408 e. The van der Waals surface area contributed by atoms with E-state index in [0.717, 1.165) is 22.2 Å². The van der Waals surface area contributed by atoms with E-state index in [2.05, 4.69) is 10.3 Å². The molecule has 1 aromatic heterocycles. The minimum atomic E-state index is -1.10. The van der Waals surface area contributed by atoms with Gasteiger partial charge in [-0.1, -0.05) is 18.2 Å². The van der Waals surface area contributed by atoms with Crippen molar-refractivity contribution in [3.05, 3.63) is 35.5 Å². The fraction of sp³-hybridized carbons (Fsp3) is 0.412. The van der Waals surface area contributed by atoms with Crippen LogP contribution < -0.4 is 5.32 Å². The third-order valence-electron chi connectivity index (χ3n) is 3.42. The Morgan fingerprint density at radius 1 is 1.30 bits per heavy atom. The third-order valence-corrected chi connectivity index (χ3v) is 3.42. The maximum atomic E-state index is 11.8. The fourth-order valence-corrected chi connectivity index (χ4v) is 2.45. The van der Waals surface area contributed by atoms with Gasteiger partial charge in [0.2, 0.25) is 0 Å². The van der Waals surface area contributed by atoms with Gasteiger partial charge in [-0.15, -0.1) is 0 Å². The molecular formula is C17H22N2O4. The molecule has 0 aliphatic carbocycles. The summed E-state index contributed by atoms with van der Waals surface area (Å²) in [6.07, 6.45) is -0.549. The predicted molar refractivity (Wildman–Crippen MR) is 87.5 cm³/mol. The number of alkyl carbamates (subject to hydrolysis) is 1. The number of carbonyl (C=O) groups excluding carboxylic acids is 1. The normalized spacial score (nSPS) is 12.9. The average Bonchev–Trinajstić information content (AvgIpc) is 2.72. The first kappa shape index (κ1) is 16.9. The summed E-state index contributed by atoms with van der Waals surface area (Å²) in [5.74, 6) is -1.10. The van der Waals surface area contributed by atoms with Crippen molar-refractivity contribution in [1.29, 1.82) is 0 Å². The highest BCUT2D eigenvalue weighted by Crippen LogP contribution is 2.23. The van der Waals surface area contributed by atoms with Crippen molar-refractivity contribution in [1.82, 2.24) is 10.3 Å². The molecule has 124 valence electrons. The number of aromatic amines is 1. The lowest BCUT2D eigenvalue weighted by Gasteiger charge is -2.22. The second-order valence-corrected chi connectivity index (χ2v) is 6.52. The van der Waals surface area contributed by atoms with Crippen LogP contribution in [0.2, 0.25) is 0 Å². The van der Waals surface area contributed by atoms with E-state index in [1.165, 1.54) is 0 Å². The van der Waals surface area contributed by atoms with Gasteiger partial charge in [-0.2, -0.15) is 0 Å². The predicted octanol–water partition coefficient (Wildman–Crippen LogP) is 3.00. The SMILES string of the molecule is Cc1[nH]c2ccccc2c1C[C@H](NC(=O)OC(C)(C)C)C(=O)O. The minimum absolute atomic E-state index is 0.185. The van der Waals surface area contributed by atoms with Crippen LogP contribution in [0, 0.1) is 6.92 Å². The van der Waals surface area contributed by atoms with Crippen molar-refractivity contribution in [2.75, 3.05) is 0 Å². The standard InChI is InChI=1S/C17H22N2O4/c1-10-12(11-7-5-6-8-13(11)18-10)9-14(15(20)21)19-16(22)23-17(2,3)4/h5-8,14,18H,9H2,1-4H3,(H,19,22)(H,20,21)/t14-/m0/s1. The summed E-state index contributed by atoms with van der Waals surface area (Å²) in [5.41, 5.74) is 2.04. The molecule has 0 bridgehead atoms. The van der Waals surface area contributed by atoms with E-state index < -0.39 is 23.7 Å². The van der Waals surface area contributed by atoms with Crippen LogP contribution in [0.3, 0.4) is 0 Å². The average molecular weight is 318 g/mol. The Kier molecular flexibility index (Phi) is 4.63. The van der Waals surface area contributed by atoms with Gasteiger partial charge < -0.3 is 20.1 Å². The van der Waals surface area contributed by atoms with Crippen molar-refractivity contribution >= 4 is 23.0 Å². The number of benzene rings is 1. The molecule has 1 atom stereocenters. The number of hydrogen-bond donors (Lipinski definition) is 3. The maximum Gasteiger partial charge on any atom is 0.408 e. The summed E-state index contributed by atoms with van der Waals surface area (Å²) in [7, 11) is 0. The lowest BCUT2D eigenvalue weighted by Crippen LogP contribution is -2.44. The van der Waals surface area contributed by atoms with Gasteiger partial charge in [0.25, 0.3) is 0 Å². The van der Waals surface area contributed by atoms with Gasteiger partial charge in [0.05, 0.1) is 0 Å². The molecule has 6 nitrogen and oxygen atoms in total. The zero-order valence-corrected chi connectivity index (χ0v) is 13.8. The van der Waals surface area contributed by atoms with E-state index in [4.69, 9.17) is 4.74 Å². The Labute approximate surface area is 134 Å². The van der Waals surface area contributed by atoms with Crippen LogP contribution in [0.5, 0.6) is 0 Å². The Hall–Kier alpha value is -2.50. The van der Waals surface area contributed by atoms with E-state index in [0.29, 0.717) is 0 Å². The van der Waals surface area contributed by atoms with E-state index in [1.54, 1.807) is 20.8 Å². The van der Waals surface area contributed by atoms with Gasteiger partial charge in [-0.05, 0) is 39.3 Å². The molecule has 0 aliphatic rings. The summed E-state index contributed by atoms with van der Waals surface area (Å²) in [4.78, 5) is 26.6. The summed E-state index contributed by atoms with van der Waals surface area (Å²) in [6.45, 7) is 7.08. The van der Waals surface area contributed by atoms with Crippen LogP contribution in [0.15, 0.2) is 24.3 Å². The molecule has 0 saturated carbocycles. The molecule has 0 unspecified atom stereocenters. The molecule has 1 amide bonds. The van der Waals surface area contributed by atoms with Crippen molar-refractivity contribution in [3.63, 3.8) is 0 Å². The number of hydrogen-bond acceptors (Lipinski definition) is 3. The zero-order valence-electron chi connectivity index (χ0n) is 13.8. The number of para-hydroxylation sites is 1. The Balaban J connectivity index is 2.20. The number of ether oxygens (including phenoxy) is 1. The lowest BCUT2D eigenvalue weighted by atomic mass is 10.0. The Morgan fingerprint density at radius 2 is 1.96 bits per heavy atom. The Morgan fingerprint density at radius 3 is 2.57 bits per heavy atom. The molecule has 23 heavy (non-hydrogen) atoms. The Bertz CT molecular complexity index is 728. The largest absolute Gasteiger partial charge is 0.480 e. The van der Waals surface area contributed by atoms with Gasteiger partial charge in [0.1, 0.15) is 11.6 Å². The molecular weight excluding hydrogens is 296 g/mol. The second kappa shape index (κ2) is 6.32. The number of aliphatic carboxylic acids is 1. The van der Waals surface area contributed by atoms with E-state index >= 15 is 0 Å². The first-order chi connectivity index (χ1) is 10.7. The van der Waals surface area contributed by atoms with Gasteiger partial charge in [-0.25, -0.2) is 9.59 Å². The van der Waals surface area contributed by atoms with E-state index in [1.807, 2.05) is 31.2 Å². The summed E-state index contributed by atoms with van der Waals surface area (Å²) >= 11 is 0. The molecule has 2 aromatic rings. The summed E-state index contributed by atoms with van der Waals surface area (Å²) < 4.78 is 5.13.